The summed E-state index contributed by atoms with van der Waals surface area (Å²) in [6.45, 7) is 0. The Labute approximate surface area is 132 Å². The standard InChI is InChI=1S/C17H15N3O3/c1-23-14-7-5-11(6-8-14)15-10-16(20-19-15)17(22)18-12-3-2-4-13(21)9-12/h2-10,21H,1H3,(H,18,22)(H,19,20). The molecule has 6 heteroatoms. The maximum atomic E-state index is 12.2. The van der Waals surface area contributed by atoms with Gasteiger partial charge in [-0.15, -0.1) is 0 Å². The number of phenols is 1. The Morgan fingerprint density at radius 3 is 2.65 bits per heavy atom. The lowest BCUT2D eigenvalue weighted by Crippen LogP contribution is -2.12. The fraction of sp³-hybridized carbons (Fsp3) is 0.0588. The number of H-pyrrole nitrogens is 1. The molecule has 0 unspecified atom stereocenters. The van der Waals surface area contributed by atoms with Gasteiger partial charge in [0.2, 0.25) is 0 Å². The van der Waals surface area contributed by atoms with Crippen molar-refractivity contribution < 1.29 is 14.6 Å². The van der Waals surface area contributed by atoms with Gasteiger partial charge in [-0.25, -0.2) is 0 Å². The Morgan fingerprint density at radius 2 is 1.96 bits per heavy atom. The summed E-state index contributed by atoms with van der Waals surface area (Å²) >= 11 is 0. The summed E-state index contributed by atoms with van der Waals surface area (Å²) < 4.78 is 5.11. The smallest absolute Gasteiger partial charge is 0.273 e. The van der Waals surface area contributed by atoms with Crippen molar-refractivity contribution in [1.29, 1.82) is 0 Å². The molecule has 3 aromatic rings. The van der Waals surface area contributed by atoms with Crippen LogP contribution in [0.2, 0.25) is 0 Å². The van der Waals surface area contributed by atoms with Crippen LogP contribution < -0.4 is 10.1 Å². The largest absolute Gasteiger partial charge is 0.508 e. The van der Waals surface area contributed by atoms with Gasteiger partial charge in [0.15, 0.2) is 0 Å². The highest BCUT2D eigenvalue weighted by Crippen LogP contribution is 2.22. The molecule has 6 nitrogen and oxygen atoms in total. The summed E-state index contributed by atoms with van der Waals surface area (Å²) in [6, 6.07) is 15.4. The first-order chi connectivity index (χ1) is 11.2. The van der Waals surface area contributed by atoms with Crippen molar-refractivity contribution in [1.82, 2.24) is 10.2 Å². The van der Waals surface area contributed by atoms with Gasteiger partial charge in [-0.3, -0.25) is 9.89 Å². The van der Waals surface area contributed by atoms with Gasteiger partial charge in [0, 0.05) is 17.3 Å². The van der Waals surface area contributed by atoms with E-state index in [2.05, 4.69) is 15.5 Å². The third kappa shape index (κ3) is 3.32. The van der Waals surface area contributed by atoms with Gasteiger partial charge in [-0.05, 0) is 42.5 Å². The Bertz CT molecular complexity index is 825. The molecule has 0 aliphatic heterocycles. The topological polar surface area (TPSA) is 87.2 Å². The Hall–Kier alpha value is -3.28. The van der Waals surface area contributed by atoms with Crippen LogP contribution in [0.25, 0.3) is 11.3 Å². The van der Waals surface area contributed by atoms with E-state index < -0.39 is 0 Å². The normalized spacial score (nSPS) is 10.3. The molecule has 0 aliphatic carbocycles. The van der Waals surface area contributed by atoms with E-state index in [1.54, 1.807) is 25.3 Å². The molecule has 1 heterocycles. The minimum Gasteiger partial charge on any atom is -0.508 e. The van der Waals surface area contributed by atoms with Gasteiger partial charge >= 0.3 is 0 Å². The fourth-order valence-electron chi connectivity index (χ4n) is 2.13. The Morgan fingerprint density at radius 1 is 1.17 bits per heavy atom. The van der Waals surface area contributed by atoms with Crippen LogP contribution in [0.5, 0.6) is 11.5 Å². The molecule has 3 rings (SSSR count). The molecule has 1 aromatic heterocycles. The summed E-state index contributed by atoms with van der Waals surface area (Å²) in [5.74, 6) is 0.514. The minimum absolute atomic E-state index is 0.0892. The lowest BCUT2D eigenvalue weighted by Gasteiger charge is -2.03. The number of aromatic hydroxyl groups is 1. The van der Waals surface area contributed by atoms with E-state index in [9.17, 15) is 9.90 Å². The fourth-order valence-corrected chi connectivity index (χ4v) is 2.13. The van der Waals surface area contributed by atoms with Crippen LogP contribution in [-0.2, 0) is 0 Å². The van der Waals surface area contributed by atoms with Gasteiger partial charge in [0.1, 0.15) is 17.2 Å². The molecule has 23 heavy (non-hydrogen) atoms. The number of benzene rings is 2. The molecule has 0 radical (unpaired) electrons. The van der Waals surface area contributed by atoms with Crippen LogP contribution in [0.1, 0.15) is 10.5 Å². The molecule has 0 bridgehead atoms. The van der Waals surface area contributed by atoms with Crippen molar-refractivity contribution in [2.45, 2.75) is 0 Å². The Kier molecular flexibility index (Phi) is 3.97. The van der Waals surface area contributed by atoms with Crippen LogP contribution in [0.3, 0.4) is 0 Å². The number of rotatable bonds is 4. The van der Waals surface area contributed by atoms with Gasteiger partial charge in [-0.2, -0.15) is 5.10 Å². The molecule has 0 aliphatic rings. The number of carbonyl (C=O) groups is 1. The van der Waals surface area contributed by atoms with E-state index in [0.29, 0.717) is 17.1 Å². The van der Waals surface area contributed by atoms with E-state index in [-0.39, 0.29) is 11.7 Å². The third-order valence-electron chi connectivity index (χ3n) is 3.31. The number of amides is 1. The number of hydrogen-bond donors (Lipinski definition) is 3. The molecule has 116 valence electrons. The van der Waals surface area contributed by atoms with Crippen LogP contribution in [0.15, 0.2) is 54.6 Å². The van der Waals surface area contributed by atoms with E-state index in [0.717, 1.165) is 11.3 Å². The summed E-state index contributed by atoms with van der Waals surface area (Å²) in [5, 5.41) is 19.0. The Balaban J connectivity index is 1.76. The SMILES string of the molecule is COc1ccc(-c2cc(C(=O)Nc3cccc(O)c3)[nH]n2)cc1. The lowest BCUT2D eigenvalue weighted by atomic mass is 10.1. The molecule has 0 saturated heterocycles. The predicted octanol–water partition coefficient (Wildman–Crippen LogP) is 3.04. The van der Waals surface area contributed by atoms with Crippen molar-refractivity contribution in [3.63, 3.8) is 0 Å². The second-order valence-corrected chi connectivity index (χ2v) is 4.90. The molecule has 0 atom stereocenters. The zero-order valence-corrected chi connectivity index (χ0v) is 12.4. The molecule has 1 amide bonds. The first-order valence-electron chi connectivity index (χ1n) is 6.96. The average molecular weight is 309 g/mol. The maximum absolute atomic E-state index is 12.2. The number of phenolic OH excluding ortho intramolecular Hbond substituents is 1. The first-order valence-corrected chi connectivity index (χ1v) is 6.96. The van der Waals surface area contributed by atoms with Crippen LogP contribution in [-0.4, -0.2) is 28.3 Å². The monoisotopic (exact) mass is 309 g/mol. The lowest BCUT2D eigenvalue weighted by molar-refractivity contribution is 0.102. The molecule has 0 spiro atoms. The summed E-state index contributed by atoms with van der Waals surface area (Å²) in [4.78, 5) is 12.2. The van der Waals surface area contributed by atoms with Gasteiger partial charge in [0.25, 0.3) is 5.91 Å². The van der Waals surface area contributed by atoms with Gasteiger partial charge in [0.05, 0.1) is 12.8 Å². The number of methoxy groups -OCH3 is 1. The summed E-state index contributed by atoms with van der Waals surface area (Å²) in [7, 11) is 1.60. The van der Waals surface area contributed by atoms with Crippen molar-refractivity contribution in [3.05, 3.63) is 60.3 Å². The van der Waals surface area contributed by atoms with Crippen molar-refractivity contribution in [2.75, 3.05) is 12.4 Å². The first kappa shape index (κ1) is 14.6. The van der Waals surface area contributed by atoms with E-state index in [1.165, 1.54) is 12.1 Å². The number of hydrogen-bond acceptors (Lipinski definition) is 4. The highest BCUT2D eigenvalue weighted by atomic mass is 16.5. The number of carbonyl (C=O) groups excluding carboxylic acids is 1. The molecule has 0 fully saturated rings. The van der Waals surface area contributed by atoms with Crippen molar-refractivity contribution >= 4 is 11.6 Å². The van der Waals surface area contributed by atoms with E-state index in [4.69, 9.17) is 4.74 Å². The van der Waals surface area contributed by atoms with Crippen LogP contribution in [0, 0.1) is 0 Å². The number of anilines is 1. The van der Waals surface area contributed by atoms with E-state index in [1.807, 2.05) is 24.3 Å². The summed E-state index contributed by atoms with van der Waals surface area (Å²) in [6.07, 6.45) is 0. The van der Waals surface area contributed by atoms with Gasteiger partial charge in [-0.1, -0.05) is 6.07 Å². The summed E-state index contributed by atoms with van der Waals surface area (Å²) in [5.41, 5.74) is 2.38. The predicted molar refractivity (Wildman–Crippen MR) is 86.6 cm³/mol. The highest BCUT2D eigenvalue weighted by molar-refractivity contribution is 6.03. The van der Waals surface area contributed by atoms with Crippen molar-refractivity contribution in [2.24, 2.45) is 0 Å². The quantitative estimate of drug-likeness (QED) is 0.691. The second-order valence-electron chi connectivity index (χ2n) is 4.90. The number of aromatic amines is 1. The molecular weight excluding hydrogens is 294 g/mol. The van der Waals surface area contributed by atoms with Crippen LogP contribution >= 0.6 is 0 Å². The number of nitrogens with one attached hydrogen (secondary N) is 2. The van der Waals surface area contributed by atoms with Crippen LogP contribution in [0.4, 0.5) is 5.69 Å². The third-order valence-corrected chi connectivity index (χ3v) is 3.31. The molecule has 3 N–H and O–H groups in total. The zero-order valence-electron chi connectivity index (χ0n) is 12.4. The number of ether oxygens (including phenoxy) is 1. The second kappa shape index (κ2) is 6.23. The van der Waals surface area contributed by atoms with Crippen molar-refractivity contribution in [3.8, 4) is 22.8 Å². The number of nitrogens with zero attached hydrogens (tertiary/aromatic N) is 1. The zero-order chi connectivity index (χ0) is 16.2. The number of aromatic nitrogens is 2. The van der Waals surface area contributed by atoms with Gasteiger partial charge < -0.3 is 15.2 Å². The molecule has 0 saturated carbocycles. The average Bonchev–Trinajstić information content (AvgIpc) is 3.05. The maximum Gasteiger partial charge on any atom is 0.273 e. The minimum atomic E-state index is -0.331. The molecule has 2 aromatic carbocycles. The highest BCUT2D eigenvalue weighted by Gasteiger charge is 2.11. The van der Waals surface area contributed by atoms with E-state index >= 15 is 0 Å². The molecular formula is C17H15N3O3.